The molecule has 9 rings (SSSR count). The summed E-state index contributed by atoms with van der Waals surface area (Å²) in [6, 6.07) is 24.5. The van der Waals surface area contributed by atoms with Gasteiger partial charge in [0.15, 0.2) is 5.65 Å². The maximum atomic E-state index is 5.04. The fourth-order valence-electron chi connectivity index (χ4n) is 6.40. The Labute approximate surface area is 200 Å². The first kappa shape index (κ1) is 17.8. The Kier molecular flexibility index (Phi) is 3.11. The fourth-order valence-corrected chi connectivity index (χ4v) is 6.40. The van der Waals surface area contributed by atoms with Gasteiger partial charge in [0.2, 0.25) is 0 Å². The van der Waals surface area contributed by atoms with E-state index in [4.69, 9.17) is 4.98 Å². The molecule has 0 radical (unpaired) electrons. The zero-order chi connectivity index (χ0) is 22.7. The average Bonchev–Trinajstić information content (AvgIpc) is 3.57. The van der Waals surface area contributed by atoms with Crippen LogP contribution in [0.4, 0.5) is 0 Å². The van der Waals surface area contributed by atoms with E-state index in [1.165, 1.54) is 55.3 Å². The van der Waals surface area contributed by atoms with E-state index in [0.717, 1.165) is 40.6 Å². The van der Waals surface area contributed by atoms with Crippen LogP contribution in [0.2, 0.25) is 0 Å². The van der Waals surface area contributed by atoms with Crippen LogP contribution in [0.3, 0.4) is 0 Å². The lowest BCUT2D eigenvalue weighted by Crippen LogP contribution is -1.94. The van der Waals surface area contributed by atoms with E-state index in [2.05, 4.69) is 69.0 Å². The van der Waals surface area contributed by atoms with Crippen LogP contribution in [0.1, 0.15) is 22.3 Å². The second-order valence-corrected chi connectivity index (χ2v) is 9.74. The number of fused-ring (bicyclic) bond motifs is 14. The van der Waals surface area contributed by atoms with Crippen molar-refractivity contribution in [3.63, 3.8) is 0 Å². The molecule has 2 aliphatic rings. The normalized spacial score (nSPS) is 13.5. The first-order valence-electron chi connectivity index (χ1n) is 12.0. The van der Waals surface area contributed by atoms with Crippen LogP contribution in [0.15, 0.2) is 85.3 Å². The van der Waals surface area contributed by atoms with E-state index in [9.17, 15) is 0 Å². The van der Waals surface area contributed by atoms with Crippen molar-refractivity contribution in [3.05, 3.63) is 108 Å². The van der Waals surface area contributed by atoms with E-state index >= 15 is 0 Å². The monoisotopic (exact) mass is 446 g/mol. The highest BCUT2D eigenvalue weighted by Gasteiger charge is 2.26. The van der Waals surface area contributed by atoms with Gasteiger partial charge in [0.05, 0.1) is 11.7 Å². The largest absolute Gasteiger partial charge is 0.274 e. The van der Waals surface area contributed by atoms with Crippen LogP contribution < -0.4 is 0 Å². The van der Waals surface area contributed by atoms with Gasteiger partial charge in [-0.3, -0.25) is 9.38 Å². The zero-order valence-electron chi connectivity index (χ0n) is 18.8. The molecule has 0 fully saturated rings. The van der Waals surface area contributed by atoms with Gasteiger partial charge in [-0.15, -0.1) is 0 Å². The molecule has 0 aliphatic heterocycles. The highest BCUT2D eigenvalue weighted by atomic mass is 15.1. The van der Waals surface area contributed by atoms with Crippen molar-refractivity contribution in [2.45, 2.75) is 12.8 Å². The van der Waals surface area contributed by atoms with E-state index in [1.807, 2.05) is 30.7 Å². The molecule has 0 amide bonds. The number of benzene rings is 3. The van der Waals surface area contributed by atoms with Gasteiger partial charge in [0.25, 0.3) is 0 Å². The molecule has 0 N–H and O–H groups in total. The van der Waals surface area contributed by atoms with Gasteiger partial charge in [-0.05, 0) is 99.1 Å². The van der Waals surface area contributed by atoms with Gasteiger partial charge in [-0.25, -0.2) is 9.97 Å². The lowest BCUT2D eigenvalue weighted by Gasteiger charge is -2.11. The molecule has 4 heterocycles. The maximum absolute atomic E-state index is 5.04. The quantitative estimate of drug-likeness (QED) is 0.243. The van der Waals surface area contributed by atoms with Gasteiger partial charge < -0.3 is 0 Å². The minimum absolute atomic E-state index is 0.873. The second-order valence-electron chi connectivity index (χ2n) is 9.74. The molecule has 4 aromatic heterocycles. The lowest BCUT2D eigenvalue weighted by molar-refractivity contribution is 1.21. The molecule has 162 valence electrons. The predicted octanol–water partition coefficient (Wildman–Crippen LogP) is 6.73. The minimum atomic E-state index is 0.873. The molecule has 0 spiro atoms. The van der Waals surface area contributed by atoms with Gasteiger partial charge in [-0.2, -0.15) is 0 Å². The van der Waals surface area contributed by atoms with Crippen LogP contribution in [0.5, 0.6) is 0 Å². The summed E-state index contributed by atoms with van der Waals surface area (Å²) in [5.74, 6) is 0. The third kappa shape index (κ3) is 2.20. The smallest absolute Gasteiger partial charge is 0.165 e. The summed E-state index contributed by atoms with van der Waals surface area (Å²) in [6.45, 7) is 0. The molecule has 0 unspecified atom stereocenters. The van der Waals surface area contributed by atoms with Crippen molar-refractivity contribution >= 4 is 38.5 Å². The number of aromatic nitrogens is 4. The number of rotatable bonds is 0. The minimum Gasteiger partial charge on any atom is -0.274 e. The van der Waals surface area contributed by atoms with Crippen LogP contribution in [0.25, 0.3) is 60.7 Å². The maximum Gasteiger partial charge on any atom is 0.165 e. The molecule has 0 saturated heterocycles. The van der Waals surface area contributed by atoms with Crippen LogP contribution >= 0.6 is 0 Å². The van der Waals surface area contributed by atoms with Crippen molar-refractivity contribution in [3.8, 4) is 22.3 Å². The Balaban J connectivity index is 1.40. The van der Waals surface area contributed by atoms with E-state index in [1.54, 1.807) is 0 Å². The Morgan fingerprint density at radius 1 is 0.600 bits per heavy atom. The van der Waals surface area contributed by atoms with Gasteiger partial charge in [0.1, 0.15) is 11.2 Å². The molecule has 0 atom stereocenters. The van der Waals surface area contributed by atoms with Gasteiger partial charge >= 0.3 is 0 Å². The summed E-state index contributed by atoms with van der Waals surface area (Å²) < 4.78 is 2.17. The zero-order valence-corrected chi connectivity index (χ0v) is 18.8. The number of imidazole rings is 1. The van der Waals surface area contributed by atoms with Crippen LogP contribution in [-0.2, 0) is 12.8 Å². The summed E-state index contributed by atoms with van der Waals surface area (Å²) in [6.07, 6.45) is 7.65. The molecule has 2 aliphatic carbocycles. The third-order valence-electron chi connectivity index (χ3n) is 7.92. The summed E-state index contributed by atoms with van der Waals surface area (Å²) >= 11 is 0. The van der Waals surface area contributed by atoms with Crippen molar-refractivity contribution < 1.29 is 0 Å². The molecule has 35 heavy (non-hydrogen) atoms. The topological polar surface area (TPSA) is 43.1 Å². The Bertz CT molecular complexity index is 2070. The fraction of sp³-hybridized carbons (Fsp3) is 0.0645. The summed E-state index contributed by atoms with van der Waals surface area (Å²) in [5.41, 5.74) is 14.9. The second kappa shape index (κ2) is 6.10. The SMILES string of the molecule is c1ccc2c(c1)Cc1cc3c(cc1-2)-c1cc2c(cc1C3)c1ccncc1n1c3ncccc3nc21. The van der Waals surface area contributed by atoms with Crippen LogP contribution in [0, 0.1) is 0 Å². The van der Waals surface area contributed by atoms with Crippen molar-refractivity contribution in [1.29, 1.82) is 0 Å². The standard InChI is InChI=1S/C31H18N4/c1-2-5-21-17(4-1)10-18-11-19-12-20-13-26-22-7-9-32-16-29(22)35-30(34-28-6-3-8-33-31(28)35)27(26)15-25(20)24(19)14-23(18)21/h1-9,11,13-16H,10,12H2. The number of hydrogen-bond acceptors (Lipinski definition) is 3. The molecule has 0 saturated carbocycles. The molecule has 4 nitrogen and oxygen atoms in total. The highest BCUT2D eigenvalue weighted by molar-refractivity contribution is 6.15. The number of pyridine rings is 3. The molecule has 3 aromatic carbocycles. The Morgan fingerprint density at radius 3 is 2.40 bits per heavy atom. The molecule has 4 heteroatoms. The summed E-state index contributed by atoms with van der Waals surface area (Å²) in [4.78, 5) is 14.1. The van der Waals surface area contributed by atoms with Crippen molar-refractivity contribution in [2.24, 2.45) is 0 Å². The first-order chi connectivity index (χ1) is 17.3. The Hall–Kier alpha value is -4.57. The van der Waals surface area contributed by atoms with Crippen LogP contribution in [-0.4, -0.2) is 19.4 Å². The highest BCUT2D eigenvalue weighted by Crippen LogP contribution is 2.46. The van der Waals surface area contributed by atoms with E-state index in [-0.39, 0.29) is 0 Å². The van der Waals surface area contributed by atoms with Gasteiger partial charge in [-0.1, -0.05) is 30.3 Å². The Morgan fingerprint density at radius 2 is 1.43 bits per heavy atom. The lowest BCUT2D eigenvalue weighted by atomic mass is 9.96. The van der Waals surface area contributed by atoms with E-state index in [0.29, 0.717) is 0 Å². The molecule has 0 bridgehead atoms. The average molecular weight is 447 g/mol. The number of nitrogens with zero attached hydrogens (tertiary/aromatic N) is 4. The first-order valence-corrected chi connectivity index (χ1v) is 12.0. The number of hydrogen-bond donors (Lipinski definition) is 0. The summed E-state index contributed by atoms with van der Waals surface area (Å²) in [5, 5.41) is 3.58. The molecular formula is C31H18N4. The summed E-state index contributed by atoms with van der Waals surface area (Å²) in [7, 11) is 0. The van der Waals surface area contributed by atoms with Gasteiger partial charge in [0, 0.05) is 23.2 Å². The molecular weight excluding hydrogens is 428 g/mol. The van der Waals surface area contributed by atoms with Crippen molar-refractivity contribution in [2.75, 3.05) is 0 Å². The predicted molar refractivity (Wildman–Crippen MR) is 140 cm³/mol. The third-order valence-corrected chi connectivity index (χ3v) is 7.92. The molecule has 7 aromatic rings. The van der Waals surface area contributed by atoms with Crippen molar-refractivity contribution in [1.82, 2.24) is 19.4 Å². The van der Waals surface area contributed by atoms with E-state index < -0.39 is 0 Å².